The molecule has 3 heterocycles. The molecule has 0 spiro atoms. The molecule has 29 heavy (non-hydrogen) atoms. The minimum atomic E-state index is -3.14. The Balaban J connectivity index is 1.42. The predicted octanol–water partition coefficient (Wildman–Crippen LogP) is 0.627. The zero-order valence-corrected chi connectivity index (χ0v) is 16.9. The fourth-order valence-corrected chi connectivity index (χ4v) is 5.46. The number of carbonyl (C=O) groups is 2. The average molecular weight is 420 g/mol. The number of hydrazone groups is 1. The highest BCUT2D eigenvalue weighted by atomic mass is 32.2. The first-order chi connectivity index (χ1) is 13.9. The highest BCUT2D eigenvalue weighted by molar-refractivity contribution is 7.91. The lowest BCUT2D eigenvalue weighted by molar-refractivity contribution is -0.133. The average Bonchev–Trinajstić information content (AvgIpc) is 3.09. The summed E-state index contributed by atoms with van der Waals surface area (Å²) < 4.78 is 28.8. The summed E-state index contributed by atoms with van der Waals surface area (Å²) >= 11 is 0. The first-order valence-corrected chi connectivity index (χ1v) is 11.6. The molecule has 4 rings (SSSR count). The van der Waals surface area contributed by atoms with E-state index in [1.54, 1.807) is 0 Å². The lowest BCUT2D eigenvalue weighted by atomic mass is 10.1. The summed E-state index contributed by atoms with van der Waals surface area (Å²) in [6.07, 6.45) is 0.751. The molecule has 0 radical (unpaired) electrons. The number of hydrogen-bond donors (Lipinski definition) is 1. The van der Waals surface area contributed by atoms with Crippen LogP contribution in [0.4, 0.5) is 11.4 Å². The van der Waals surface area contributed by atoms with Gasteiger partial charge in [-0.1, -0.05) is 0 Å². The quantitative estimate of drug-likeness (QED) is 0.765. The summed E-state index contributed by atoms with van der Waals surface area (Å²) in [5.41, 5.74) is 1.95. The van der Waals surface area contributed by atoms with Crippen LogP contribution in [0.3, 0.4) is 0 Å². The molecule has 1 atom stereocenters. The normalized spacial score (nSPS) is 24.3. The smallest absolute Gasteiger partial charge is 0.271 e. The van der Waals surface area contributed by atoms with E-state index in [4.69, 9.17) is 4.74 Å². The molecule has 0 bridgehead atoms. The van der Waals surface area contributed by atoms with Crippen LogP contribution in [-0.2, 0) is 24.2 Å². The molecule has 1 aromatic rings. The number of rotatable bonds is 4. The number of anilines is 2. The highest BCUT2D eigenvalue weighted by Gasteiger charge is 2.37. The standard InChI is InChI=1S/C19H24N4O5S/c24-18-6-5-17(21-23(18)16-7-12-29(26,27)13-16)19(25)20-14-1-3-15(4-2-14)22-8-10-28-11-9-22/h1-4,16H,5-13H2,(H,20,25)/t16-/m1/s1. The Morgan fingerprint density at radius 2 is 1.86 bits per heavy atom. The van der Waals surface area contributed by atoms with Gasteiger partial charge in [0.25, 0.3) is 5.91 Å². The van der Waals surface area contributed by atoms with Crippen molar-refractivity contribution in [2.75, 3.05) is 48.0 Å². The molecule has 2 saturated heterocycles. The first kappa shape index (κ1) is 19.8. The molecule has 156 valence electrons. The highest BCUT2D eigenvalue weighted by Crippen LogP contribution is 2.23. The number of nitrogens with zero attached hydrogens (tertiary/aromatic N) is 3. The van der Waals surface area contributed by atoms with Crippen LogP contribution in [0.1, 0.15) is 19.3 Å². The number of carbonyl (C=O) groups excluding carboxylic acids is 2. The van der Waals surface area contributed by atoms with Crippen molar-refractivity contribution in [3.05, 3.63) is 24.3 Å². The maximum absolute atomic E-state index is 12.6. The van der Waals surface area contributed by atoms with E-state index in [9.17, 15) is 18.0 Å². The number of benzene rings is 1. The van der Waals surface area contributed by atoms with E-state index in [0.717, 1.165) is 18.8 Å². The molecule has 10 heteroatoms. The summed E-state index contributed by atoms with van der Waals surface area (Å²) in [5.74, 6) is -0.658. The number of morpholine rings is 1. The van der Waals surface area contributed by atoms with Gasteiger partial charge in [0.05, 0.1) is 30.8 Å². The maximum Gasteiger partial charge on any atom is 0.271 e. The topological polar surface area (TPSA) is 108 Å². The van der Waals surface area contributed by atoms with E-state index in [0.29, 0.717) is 25.3 Å². The second kappa shape index (κ2) is 8.11. The summed E-state index contributed by atoms with van der Waals surface area (Å²) in [5, 5.41) is 8.21. The fourth-order valence-electron chi connectivity index (χ4n) is 3.77. The van der Waals surface area contributed by atoms with Crippen molar-refractivity contribution in [1.29, 1.82) is 0 Å². The first-order valence-electron chi connectivity index (χ1n) is 9.75. The predicted molar refractivity (Wildman–Crippen MR) is 109 cm³/mol. The van der Waals surface area contributed by atoms with Crippen molar-refractivity contribution >= 4 is 38.7 Å². The lowest BCUT2D eigenvalue weighted by Crippen LogP contribution is -2.42. The van der Waals surface area contributed by atoms with Crippen molar-refractivity contribution < 1.29 is 22.7 Å². The van der Waals surface area contributed by atoms with Gasteiger partial charge >= 0.3 is 0 Å². The van der Waals surface area contributed by atoms with Gasteiger partial charge in [-0.2, -0.15) is 5.10 Å². The Bertz CT molecular complexity index is 922. The van der Waals surface area contributed by atoms with Crippen molar-refractivity contribution in [2.24, 2.45) is 5.10 Å². The Hall–Kier alpha value is -2.46. The van der Waals surface area contributed by atoms with Gasteiger partial charge in [-0.15, -0.1) is 0 Å². The van der Waals surface area contributed by atoms with Crippen LogP contribution in [0.2, 0.25) is 0 Å². The van der Waals surface area contributed by atoms with E-state index < -0.39 is 15.9 Å². The zero-order chi connectivity index (χ0) is 20.4. The van der Waals surface area contributed by atoms with Crippen LogP contribution in [0.5, 0.6) is 0 Å². The van der Waals surface area contributed by atoms with E-state index in [1.165, 1.54) is 5.01 Å². The van der Waals surface area contributed by atoms with Crippen LogP contribution in [0.25, 0.3) is 0 Å². The van der Waals surface area contributed by atoms with Crippen LogP contribution in [0.15, 0.2) is 29.4 Å². The lowest BCUT2D eigenvalue weighted by Gasteiger charge is -2.29. The van der Waals surface area contributed by atoms with E-state index in [1.807, 2.05) is 24.3 Å². The number of amides is 2. The molecule has 0 aromatic heterocycles. The monoisotopic (exact) mass is 420 g/mol. The second-order valence-electron chi connectivity index (χ2n) is 7.44. The minimum Gasteiger partial charge on any atom is -0.378 e. The van der Waals surface area contributed by atoms with Crippen molar-refractivity contribution in [2.45, 2.75) is 25.3 Å². The van der Waals surface area contributed by atoms with Gasteiger partial charge in [-0.05, 0) is 30.7 Å². The molecule has 1 N–H and O–H groups in total. The Kier molecular flexibility index (Phi) is 5.55. The fraction of sp³-hybridized carbons (Fsp3) is 0.526. The minimum absolute atomic E-state index is 0.0496. The molecule has 2 amide bonds. The molecule has 0 saturated carbocycles. The maximum atomic E-state index is 12.6. The third-order valence-electron chi connectivity index (χ3n) is 5.38. The number of hydrogen-bond acceptors (Lipinski definition) is 7. The summed E-state index contributed by atoms with van der Waals surface area (Å²) in [7, 11) is -3.14. The van der Waals surface area contributed by atoms with Gasteiger partial charge < -0.3 is 15.0 Å². The molecule has 1 aromatic carbocycles. The largest absolute Gasteiger partial charge is 0.378 e. The van der Waals surface area contributed by atoms with Gasteiger partial charge in [0, 0.05) is 37.3 Å². The Morgan fingerprint density at radius 3 is 2.52 bits per heavy atom. The van der Waals surface area contributed by atoms with Crippen LogP contribution in [-0.4, -0.2) is 74.8 Å². The third-order valence-corrected chi connectivity index (χ3v) is 7.13. The van der Waals surface area contributed by atoms with E-state index >= 15 is 0 Å². The van der Waals surface area contributed by atoms with Crippen LogP contribution in [0, 0.1) is 0 Å². The number of nitrogens with one attached hydrogen (secondary N) is 1. The van der Waals surface area contributed by atoms with Gasteiger partial charge in [0.15, 0.2) is 9.84 Å². The van der Waals surface area contributed by atoms with E-state index in [2.05, 4.69) is 15.3 Å². The van der Waals surface area contributed by atoms with Gasteiger partial charge in [0.1, 0.15) is 5.71 Å². The summed E-state index contributed by atoms with van der Waals surface area (Å²) in [4.78, 5) is 27.0. The molecule has 2 fully saturated rings. The third kappa shape index (κ3) is 4.59. The molecule has 0 unspecified atom stereocenters. The number of sulfone groups is 1. The van der Waals surface area contributed by atoms with Crippen molar-refractivity contribution in [3.8, 4) is 0 Å². The molecule has 3 aliphatic rings. The zero-order valence-electron chi connectivity index (χ0n) is 16.0. The van der Waals surface area contributed by atoms with Crippen molar-refractivity contribution in [1.82, 2.24) is 5.01 Å². The summed E-state index contributed by atoms with van der Waals surface area (Å²) in [6, 6.07) is 7.08. The molecule has 9 nitrogen and oxygen atoms in total. The van der Waals surface area contributed by atoms with Gasteiger partial charge in [0.2, 0.25) is 5.91 Å². The Labute approximate surface area is 169 Å². The van der Waals surface area contributed by atoms with Gasteiger partial charge in [-0.3, -0.25) is 9.59 Å². The van der Waals surface area contributed by atoms with Crippen LogP contribution >= 0.6 is 0 Å². The molecular weight excluding hydrogens is 396 g/mol. The molecular formula is C19H24N4O5S. The van der Waals surface area contributed by atoms with Crippen LogP contribution < -0.4 is 10.2 Å². The summed E-state index contributed by atoms with van der Waals surface area (Å²) in [6.45, 7) is 3.08. The SMILES string of the molecule is O=C(Nc1ccc(N2CCOCC2)cc1)C1=NN([C@@H]2CCS(=O)(=O)C2)C(=O)CC1. The Morgan fingerprint density at radius 1 is 1.14 bits per heavy atom. The van der Waals surface area contributed by atoms with E-state index in [-0.39, 0.29) is 41.9 Å². The molecule has 3 aliphatic heterocycles. The second-order valence-corrected chi connectivity index (χ2v) is 9.67. The number of ether oxygens (including phenoxy) is 1. The van der Waals surface area contributed by atoms with Crippen molar-refractivity contribution in [3.63, 3.8) is 0 Å². The van der Waals surface area contributed by atoms with Gasteiger partial charge in [-0.25, -0.2) is 13.4 Å². The molecule has 0 aliphatic carbocycles.